The summed E-state index contributed by atoms with van der Waals surface area (Å²) in [4.78, 5) is 22.4. The number of H-pyrrole nitrogens is 1. The molecule has 20 heavy (non-hydrogen) atoms. The molecule has 0 aliphatic rings. The molecular formula is C12H9F3N2O3. The molecule has 2 rings (SSSR count). The van der Waals surface area contributed by atoms with Gasteiger partial charge >= 0.3 is 12.1 Å². The summed E-state index contributed by atoms with van der Waals surface area (Å²) in [7, 11) is 0. The first-order valence-corrected chi connectivity index (χ1v) is 5.48. The number of rotatable bonds is 3. The lowest BCUT2D eigenvalue weighted by Crippen LogP contribution is -2.22. The standard InChI is InChI=1S/C12H9F3N2O3/c13-12(14,15)8-3-1-2-4-9(8)17-11(20)7(6-16-17)5-10(18)19/h1-4,6,16H,5H2,(H,18,19). The van der Waals surface area contributed by atoms with Gasteiger partial charge in [0.1, 0.15) is 0 Å². The number of aliphatic carboxylic acids is 1. The predicted molar refractivity (Wildman–Crippen MR) is 62.7 cm³/mol. The summed E-state index contributed by atoms with van der Waals surface area (Å²) < 4.78 is 39.3. The van der Waals surface area contributed by atoms with Crippen molar-refractivity contribution >= 4 is 5.97 Å². The van der Waals surface area contributed by atoms with E-state index in [1.165, 1.54) is 12.1 Å². The second-order valence-electron chi connectivity index (χ2n) is 4.02. The molecule has 1 aromatic heterocycles. The van der Waals surface area contributed by atoms with Crippen LogP contribution in [0.2, 0.25) is 0 Å². The minimum absolute atomic E-state index is 0.116. The third-order valence-corrected chi connectivity index (χ3v) is 2.64. The Balaban J connectivity index is 2.56. The van der Waals surface area contributed by atoms with Crippen molar-refractivity contribution in [3.8, 4) is 5.69 Å². The zero-order valence-corrected chi connectivity index (χ0v) is 9.94. The highest BCUT2D eigenvalue weighted by Gasteiger charge is 2.34. The van der Waals surface area contributed by atoms with E-state index in [9.17, 15) is 22.8 Å². The molecule has 1 heterocycles. The number of para-hydroxylation sites is 1. The van der Waals surface area contributed by atoms with Crippen LogP contribution in [0.3, 0.4) is 0 Å². The summed E-state index contributed by atoms with van der Waals surface area (Å²) in [6.07, 6.45) is -4.09. The third-order valence-electron chi connectivity index (χ3n) is 2.64. The maximum Gasteiger partial charge on any atom is 0.418 e. The number of aromatic amines is 1. The van der Waals surface area contributed by atoms with Gasteiger partial charge in [0.25, 0.3) is 5.56 Å². The van der Waals surface area contributed by atoms with Gasteiger partial charge in [-0.3, -0.25) is 14.7 Å². The molecule has 0 unspecified atom stereocenters. The first kappa shape index (κ1) is 13.9. The van der Waals surface area contributed by atoms with Crippen molar-refractivity contribution in [1.82, 2.24) is 9.78 Å². The average Bonchev–Trinajstić information content (AvgIpc) is 2.69. The summed E-state index contributed by atoms with van der Waals surface area (Å²) in [5.41, 5.74) is -2.29. The van der Waals surface area contributed by atoms with E-state index in [1.807, 2.05) is 0 Å². The summed E-state index contributed by atoms with van der Waals surface area (Å²) >= 11 is 0. The SMILES string of the molecule is O=C(O)Cc1c[nH]n(-c2ccccc2C(F)(F)F)c1=O. The molecule has 0 amide bonds. The largest absolute Gasteiger partial charge is 0.481 e. The lowest BCUT2D eigenvalue weighted by Gasteiger charge is -2.12. The van der Waals surface area contributed by atoms with Gasteiger partial charge in [0, 0.05) is 11.8 Å². The van der Waals surface area contributed by atoms with Crippen molar-refractivity contribution in [3.05, 3.63) is 51.9 Å². The number of aromatic nitrogens is 2. The van der Waals surface area contributed by atoms with Crippen LogP contribution < -0.4 is 5.56 Å². The van der Waals surface area contributed by atoms with Gasteiger partial charge in [0.2, 0.25) is 0 Å². The van der Waals surface area contributed by atoms with Crippen LogP contribution in [0.25, 0.3) is 5.69 Å². The molecule has 0 radical (unpaired) electrons. The molecule has 5 nitrogen and oxygen atoms in total. The number of alkyl halides is 3. The second-order valence-corrected chi connectivity index (χ2v) is 4.02. The first-order chi connectivity index (χ1) is 9.30. The Bertz CT molecular complexity index is 700. The average molecular weight is 286 g/mol. The van der Waals surface area contributed by atoms with Crippen LogP contribution in [0.4, 0.5) is 13.2 Å². The van der Waals surface area contributed by atoms with Gasteiger partial charge in [0.05, 0.1) is 17.7 Å². The molecule has 0 aliphatic heterocycles. The predicted octanol–water partition coefficient (Wildman–Crippen LogP) is 1.81. The molecule has 106 valence electrons. The summed E-state index contributed by atoms with van der Waals surface area (Å²) in [6.45, 7) is 0. The fourth-order valence-corrected chi connectivity index (χ4v) is 1.78. The number of halogens is 3. The maximum atomic E-state index is 12.9. The van der Waals surface area contributed by atoms with Gasteiger partial charge in [-0.2, -0.15) is 13.2 Å². The molecule has 0 atom stereocenters. The number of carbonyl (C=O) groups is 1. The van der Waals surface area contributed by atoms with Gasteiger partial charge in [-0.15, -0.1) is 0 Å². The van der Waals surface area contributed by atoms with E-state index in [0.717, 1.165) is 18.3 Å². The second kappa shape index (κ2) is 4.87. The van der Waals surface area contributed by atoms with Gasteiger partial charge < -0.3 is 5.11 Å². The lowest BCUT2D eigenvalue weighted by atomic mass is 10.1. The first-order valence-electron chi connectivity index (χ1n) is 5.48. The summed E-state index contributed by atoms with van der Waals surface area (Å²) in [6, 6.07) is 4.54. The van der Waals surface area contributed by atoms with Crippen LogP contribution in [-0.4, -0.2) is 20.9 Å². The fourth-order valence-electron chi connectivity index (χ4n) is 1.78. The van der Waals surface area contributed by atoms with Crippen molar-refractivity contribution in [2.45, 2.75) is 12.6 Å². The molecule has 0 saturated heterocycles. The number of benzene rings is 1. The quantitative estimate of drug-likeness (QED) is 0.903. The normalized spacial score (nSPS) is 11.6. The molecule has 8 heteroatoms. The van der Waals surface area contributed by atoms with Crippen LogP contribution in [0, 0.1) is 0 Å². The Morgan fingerprint density at radius 1 is 1.30 bits per heavy atom. The number of hydrogen-bond acceptors (Lipinski definition) is 2. The number of carboxylic acid groups (broad SMARTS) is 1. The molecule has 2 aromatic rings. The van der Waals surface area contributed by atoms with Crippen molar-refractivity contribution in [1.29, 1.82) is 0 Å². The van der Waals surface area contributed by atoms with Gasteiger partial charge in [0.15, 0.2) is 0 Å². The van der Waals surface area contributed by atoms with Crippen LogP contribution in [0.5, 0.6) is 0 Å². The topological polar surface area (TPSA) is 75.1 Å². The smallest absolute Gasteiger partial charge is 0.418 e. The summed E-state index contributed by atoms with van der Waals surface area (Å²) in [5.74, 6) is -1.24. The molecule has 0 bridgehead atoms. The lowest BCUT2D eigenvalue weighted by molar-refractivity contribution is -0.138. The third kappa shape index (κ3) is 2.58. The van der Waals surface area contributed by atoms with E-state index >= 15 is 0 Å². The molecular weight excluding hydrogens is 277 g/mol. The number of carboxylic acids is 1. The van der Waals surface area contributed by atoms with E-state index in [4.69, 9.17) is 5.11 Å². The van der Waals surface area contributed by atoms with E-state index in [0.29, 0.717) is 4.68 Å². The fraction of sp³-hybridized carbons (Fsp3) is 0.167. The highest BCUT2D eigenvalue weighted by Crippen LogP contribution is 2.32. The Kier molecular flexibility index (Phi) is 3.39. The molecule has 0 spiro atoms. The Labute approximate surface area is 110 Å². The zero-order valence-electron chi connectivity index (χ0n) is 9.94. The molecule has 2 N–H and O–H groups in total. The molecule has 0 fully saturated rings. The van der Waals surface area contributed by atoms with E-state index < -0.39 is 29.7 Å². The Morgan fingerprint density at radius 2 is 1.95 bits per heavy atom. The molecule has 1 aromatic carbocycles. The highest BCUT2D eigenvalue weighted by atomic mass is 19.4. The van der Waals surface area contributed by atoms with Crippen molar-refractivity contribution in [2.75, 3.05) is 0 Å². The Hall–Kier alpha value is -2.51. The summed E-state index contributed by atoms with van der Waals surface area (Å²) in [5, 5.41) is 11.0. The number of hydrogen-bond donors (Lipinski definition) is 2. The van der Waals surface area contributed by atoms with Crippen molar-refractivity contribution in [3.63, 3.8) is 0 Å². The van der Waals surface area contributed by atoms with Gasteiger partial charge in [-0.1, -0.05) is 12.1 Å². The van der Waals surface area contributed by atoms with Crippen LogP contribution >= 0.6 is 0 Å². The van der Waals surface area contributed by atoms with E-state index in [2.05, 4.69) is 5.10 Å². The van der Waals surface area contributed by atoms with Gasteiger partial charge in [-0.05, 0) is 12.1 Å². The monoisotopic (exact) mass is 286 g/mol. The van der Waals surface area contributed by atoms with Gasteiger partial charge in [-0.25, -0.2) is 4.68 Å². The van der Waals surface area contributed by atoms with Crippen LogP contribution in [0.1, 0.15) is 11.1 Å². The minimum atomic E-state index is -4.62. The number of nitrogens with zero attached hydrogens (tertiary/aromatic N) is 1. The van der Waals surface area contributed by atoms with Crippen molar-refractivity contribution in [2.24, 2.45) is 0 Å². The Morgan fingerprint density at radius 3 is 2.55 bits per heavy atom. The molecule has 0 saturated carbocycles. The van der Waals surface area contributed by atoms with Crippen molar-refractivity contribution < 1.29 is 23.1 Å². The van der Waals surface area contributed by atoms with Crippen LogP contribution in [-0.2, 0) is 17.4 Å². The van der Waals surface area contributed by atoms with E-state index in [1.54, 1.807) is 0 Å². The van der Waals surface area contributed by atoms with E-state index in [-0.39, 0.29) is 11.3 Å². The minimum Gasteiger partial charge on any atom is -0.481 e. The highest BCUT2D eigenvalue weighted by molar-refractivity contribution is 5.69. The molecule has 0 aliphatic carbocycles. The maximum absolute atomic E-state index is 12.9. The number of nitrogens with one attached hydrogen (secondary N) is 1. The van der Waals surface area contributed by atoms with Crippen LogP contribution in [0.15, 0.2) is 35.3 Å². The zero-order chi connectivity index (χ0) is 14.9.